The molecule has 6 heteroatoms. The lowest BCUT2D eigenvalue weighted by atomic mass is 10.2. The summed E-state index contributed by atoms with van der Waals surface area (Å²) in [5, 5.41) is 16.6. The highest BCUT2D eigenvalue weighted by molar-refractivity contribution is 6.31. The molecule has 0 aliphatic heterocycles. The number of nitrogens with zero attached hydrogens (tertiary/aromatic N) is 2. The van der Waals surface area contributed by atoms with Crippen molar-refractivity contribution in [3.05, 3.63) is 21.9 Å². The summed E-state index contributed by atoms with van der Waals surface area (Å²) in [4.78, 5) is 0. The predicted molar refractivity (Wildman–Crippen MR) is 47.7 cm³/mol. The topological polar surface area (TPSA) is 46.0 Å². The van der Waals surface area contributed by atoms with Gasteiger partial charge in [0.1, 0.15) is 0 Å². The molecular weight excluding hydrogens is 222 g/mol. The molecule has 12 heavy (non-hydrogen) atoms. The Balaban J connectivity index is 3.04. The van der Waals surface area contributed by atoms with E-state index in [4.69, 9.17) is 34.8 Å². The quantitative estimate of drug-likeness (QED) is 0.787. The van der Waals surface area contributed by atoms with Gasteiger partial charge in [0, 0.05) is 5.56 Å². The molecule has 1 rings (SSSR count). The van der Waals surface area contributed by atoms with Crippen LogP contribution in [0.3, 0.4) is 0 Å². The predicted octanol–water partition coefficient (Wildman–Crippen LogP) is 2.06. The summed E-state index contributed by atoms with van der Waals surface area (Å²) >= 11 is 16.6. The van der Waals surface area contributed by atoms with Gasteiger partial charge in [0.2, 0.25) is 0 Å². The summed E-state index contributed by atoms with van der Waals surface area (Å²) < 4.78 is 0. The van der Waals surface area contributed by atoms with Crippen LogP contribution in [0.2, 0.25) is 10.3 Å². The second kappa shape index (κ2) is 4.23. The van der Waals surface area contributed by atoms with E-state index in [1.165, 1.54) is 6.07 Å². The Hall–Kier alpha value is -0.0900. The molecule has 0 amide bonds. The summed E-state index contributed by atoms with van der Waals surface area (Å²) in [6.07, 6.45) is -0.854. The Morgan fingerprint density at radius 2 is 2.08 bits per heavy atom. The molecule has 0 saturated carbocycles. The lowest BCUT2D eigenvalue weighted by Crippen LogP contribution is -2.01. The maximum Gasteiger partial charge on any atom is 0.157 e. The van der Waals surface area contributed by atoms with Gasteiger partial charge in [0.05, 0.1) is 12.0 Å². The van der Waals surface area contributed by atoms with Gasteiger partial charge in [0.15, 0.2) is 10.3 Å². The molecule has 1 aromatic heterocycles. The van der Waals surface area contributed by atoms with Crippen molar-refractivity contribution in [2.45, 2.75) is 6.10 Å². The molecule has 0 aliphatic rings. The van der Waals surface area contributed by atoms with Crippen LogP contribution in [0.1, 0.15) is 11.7 Å². The first-order valence-corrected chi connectivity index (χ1v) is 4.37. The molecule has 1 aromatic rings. The Bertz CT molecular complexity index is 281. The maximum atomic E-state index is 9.29. The number of aliphatic hydroxyl groups is 1. The van der Waals surface area contributed by atoms with Crippen LogP contribution in [-0.2, 0) is 0 Å². The van der Waals surface area contributed by atoms with Crippen molar-refractivity contribution in [3.8, 4) is 0 Å². The monoisotopic (exact) mass is 226 g/mol. The van der Waals surface area contributed by atoms with Gasteiger partial charge in [-0.15, -0.1) is 21.8 Å². The molecule has 1 N–H and O–H groups in total. The van der Waals surface area contributed by atoms with Crippen LogP contribution in [0.25, 0.3) is 0 Å². The Morgan fingerprint density at radius 3 is 2.67 bits per heavy atom. The average Bonchev–Trinajstić information content (AvgIpc) is 2.08. The molecule has 66 valence electrons. The third-order valence-electron chi connectivity index (χ3n) is 1.25. The average molecular weight is 227 g/mol. The largest absolute Gasteiger partial charge is 0.387 e. The highest BCUT2D eigenvalue weighted by Crippen LogP contribution is 2.23. The number of halogens is 3. The fourth-order valence-corrected chi connectivity index (χ4v) is 1.22. The first-order valence-electron chi connectivity index (χ1n) is 3.07. The van der Waals surface area contributed by atoms with Gasteiger partial charge in [-0.2, -0.15) is 0 Å². The van der Waals surface area contributed by atoms with E-state index in [2.05, 4.69) is 10.2 Å². The number of hydrogen-bond donors (Lipinski definition) is 1. The zero-order chi connectivity index (χ0) is 9.14. The first kappa shape index (κ1) is 9.99. The molecule has 0 radical (unpaired) electrons. The molecular formula is C6H5Cl3N2O. The smallest absolute Gasteiger partial charge is 0.157 e. The van der Waals surface area contributed by atoms with Gasteiger partial charge in [-0.3, -0.25) is 0 Å². The van der Waals surface area contributed by atoms with Crippen molar-refractivity contribution in [2.24, 2.45) is 0 Å². The minimum Gasteiger partial charge on any atom is -0.387 e. The Morgan fingerprint density at radius 1 is 1.42 bits per heavy atom. The standard InChI is InChI=1S/C6H5Cl3N2O/c7-2-4(12)3-1-5(8)10-11-6(3)9/h1,4,12H,2H2. The second-order valence-electron chi connectivity index (χ2n) is 2.08. The molecule has 0 spiro atoms. The summed E-state index contributed by atoms with van der Waals surface area (Å²) in [6.45, 7) is 0. The van der Waals surface area contributed by atoms with Crippen LogP contribution in [0.5, 0.6) is 0 Å². The van der Waals surface area contributed by atoms with Gasteiger partial charge in [-0.1, -0.05) is 23.2 Å². The lowest BCUT2D eigenvalue weighted by molar-refractivity contribution is 0.202. The highest BCUT2D eigenvalue weighted by Gasteiger charge is 2.12. The molecule has 0 saturated heterocycles. The summed E-state index contributed by atoms with van der Waals surface area (Å²) in [5.74, 6) is 0.0434. The molecule has 1 heterocycles. The van der Waals surface area contributed by atoms with Crippen LogP contribution in [0.4, 0.5) is 0 Å². The lowest BCUT2D eigenvalue weighted by Gasteiger charge is -2.07. The van der Waals surface area contributed by atoms with Crippen LogP contribution >= 0.6 is 34.8 Å². The van der Waals surface area contributed by atoms with E-state index in [9.17, 15) is 5.11 Å². The van der Waals surface area contributed by atoms with E-state index in [-0.39, 0.29) is 16.2 Å². The van der Waals surface area contributed by atoms with Gasteiger partial charge >= 0.3 is 0 Å². The van der Waals surface area contributed by atoms with Crippen molar-refractivity contribution in [2.75, 3.05) is 5.88 Å². The molecule has 0 aromatic carbocycles. The summed E-state index contributed by atoms with van der Waals surface area (Å²) in [5.41, 5.74) is 0.395. The van der Waals surface area contributed by atoms with Crippen molar-refractivity contribution in [1.82, 2.24) is 10.2 Å². The van der Waals surface area contributed by atoms with E-state index in [0.29, 0.717) is 5.56 Å². The number of rotatable bonds is 2. The van der Waals surface area contributed by atoms with Crippen LogP contribution < -0.4 is 0 Å². The number of hydrogen-bond acceptors (Lipinski definition) is 3. The number of aliphatic hydroxyl groups excluding tert-OH is 1. The fourth-order valence-electron chi connectivity index (χ4n) is 0.683. The Labute approximate surface area is 84.3 Å². The third-order valence-corrected chi connectivity index (χ3v) is 2.02. The summed E-state index contributed by atoms with van der Waals surface area (Å²) in [7, 11) is 0. The van der Waals surface area contributed by atoms with Gasteiger partial charge in [-0.25, -0.2) is 0 Å². The second-order valence-corrected chi connectivity index (χ2v) is 3.14. The SMILES string of the molecule is OC(CCl)c1cc(Cl)nnc1Cl. The van der Waals surface area contributed by atoms with E-state index < -0.39 is 6.10 Å². The van der Waals surface area contributed by atoms with Crippen LogP contribution in [0, 0.1) is 0 Å². The van der Waals surface area contributed by atoms with Crippen LogP contribution in [0.15, 0.2) is 6.07 Å². The molecule has 3 nitrogen and oxygen atoms in total. The van der Waals surface area contributed by atoms with Crippen molar-refractivity contribution in [3.63, 3.8) is 0 Å². The van der Waals surface area contributed by atoms with E-state index in [1.54, 1.807) is 0 Å². The van der Waals surface area contributed by atoms with E-state index in [0.717, 1.165) is 0 Å². The molecule has 0 aliphatic carbocycles. The molecule has 1 unspecified atom stereocenters. The zero-order valence-corrected chi connectivity index (χ0v) is 8.11. The van der Waals surface area contributed by atoms with Crippen LogP contribution in [-0.4, -0.2) is 21.2 Å². The minimum atomic E-state index is -0.854. The van der Waals surface area contributed by atoms with Gasteiger partial charge < -0.3 is 5.11 Å². The number of alkyl halides is 1. The van der Waals surface area contributed by atoms with Gasteiger partial charge in [0.25, 0.3) is 0 Å². The van der Waals surface area contributed by atoms with Crippen molar-refractivity contribution < 1.29 is 5.11 Å². The molecule has 0 bridgehead atoms. The zero-order valence-electron chi connectivity index (χ0n) is 5.84. The fraction of sp³-hybridized carbons (Fsp3) is 0.333. The third kappa shape index (κ3) is 2.20. The first-order chi connectivity index (χ1) is 5.65. The molecule has 1 atom stereocenters. The van der Waals surface area contributed by atoms with Crippen molar-refractivity contribution >= 4 is 34.8 Å². The van der Waals surface area contributed by atoms with Gasteiger partial charge in [-0.05, 0) is 6.07 Å². The summed E-state index contributed by atoms with van der Waals surface area (Å²) in [6, 6.07) is 1.43. The Kier molecular flexibility index (Phi) is 3.53. The van der Waals surface area contributed by atoms with Crippen molar-refractivity contribution in [1.29, 1.82) is 0 Å². The minimum absolute atomic E-state index is 0.0434. The maximum absolute atomic E-state index is 9.29. The van der Waals surface area contributed by atoms with E-state index in [1.807, 2.05) is 0 Å². The number of aromatic nitrogens is 2. The van der Waals surface area contributed by atoms with E-state index >= 15 is 0 Å². The normalized spacial score (nSPS) is 13.0. The molecule has 0 fully saturated rings. The highest BCUT2D eigenvalue weighted by atomic mass is 35.5.